The predicted molar refractivity (Wildman–Crippen MR) is 94.2 cm³/mol. The van der Waals surface area contributed by atoms with Crippen LogP contribution in [0, 0.1) is 28.4 Å². The fourth-order valence-electron chi connectivity index (χ4n) is 2.35. The van der Waals surface area contributed by atoms with E-state index in [1.54, 1.807) is 0 Å². The van der Waals surface area contributed by atoms with Crippen molar-refractivity contribution in [2.75, 3.05) is 18.5 Å². The Morgan fingerprint density at radius 3 is 2.80 bits per heavy atom. The van der Waals surface area contributed by atoms with E-state index in [1.165, 1.54) is 23.9 Å². The van der Waals surface area contributed by atoms with Gasteiger partial charge in [-0.05, 0) is 25.0 Å². The fraction of sp³-hybridized carbons (Fsp3) is 0.333. The van der Waals surface area contributed by atoms with Gasteiger partial charge in [-0.25, -0.2) is 4.98 Å². The lowest BCUT2D eigenvalue weighted by Crippen LogP contribution is -2.29. The number of hydrogen-bond acceptors (Lipinski definition) is 6. The number of nitrogens with zero attached hydrogens (tertiary/aromatic N) is 3. The van der Waals surface area contributed by atoms with Gasteiger partial charge in [-0.1, -0.05) is 29.8 Å². The Kier molecular flexibility index (Phi) is 6.87. The third-order valence-corrected chi connectivity index (χ3v) is 3.60. The Bertz CT molecular complexity index is 741. The molecular weight excluding hydrogens is 320 g/mol. The van der Waals surface area contributed by atoms with Gasteiger partial charge in [0.1, 0.15) is 0 Å². The van der Waals surface area contributed by atoms with E-state index in [4.69, 9.17) is 10.00 Å². The van der Waals surface area contributed by atoms with Crippen LogP contribution >= 0.6 is 0 Å². The maximum absolute atomic E-state index is 11.2. The highest BCUT2D eigenvalue weighted by Crippen LogP contribution is 2.22. The molecule has 1 heterocycles. The van der Waals surface area contributed by atoms with Gasteiger partial charge < -0.3 is 10.1 Å². The van der Waals surface area contributed by atoms with Crippen molar-refractivity contribution < 1.29 is 9.66 Å². The molecule has 0 spiro atoms. The number of aryl methyl sites for hydroxylation is 1. The van der Waals surface area contributed by atoms with Crippen molar-refractivity contribution in [1.82, 2.24) is 4.98 Å². The minimum atomic E-state index is -0.463. The van der Waals surface area contributed by atoms with Gasteiger partial charge in [-0.3, -0.25) is 10.1 Å². The molecule has 0 aliphatic rings. The van der Waals surface area contributed by atoms with Gasteiger partial charge in [0.15, 0.2) is 0 Å². The number of anilines is 1. The van der Waals surface area contributed by atoms with Crippen LogP contribution in [-0.4, -0.2) is 29.2 Å². The number of hydrogen-bond donors (Lipinski definition) is 1. The third kappa shape index (κ3) is 5.86. The first-order valence-electron chi connectivity index (χ1n) is 7.96. The summed E-state index contributed by atoms with van der Waals surface area (Å²) >= 11 is 0. The maximum Gasteiger partial charge on any atom is 0.311 e. The predicted octanol–water partition coefficient (Wildman–Crippen LogP) is 3.25. The molecule has 0 aliphatic heterocycles. The van der Waals surface area contributed by atoms with Crippen LogP contribution < -0.4 is 5.32 Å². The molecule has 0 saturated heterocycles. The number of nitriles is 1. The van der Waals surface area contributed by atoms with Gasteiger partial charge >= 0.3 is 5.69 Å². The van der Waals surface area contributed by atoms with E-state index in [2.05, 4.69) is 10.3 Å². The van der Waals surface area contributed by atoms with Gasteiger partial charge in [-0.2, -0.15) is 5.26 Å². The smallest absolute Gasteiger partial charge is 0.311 e. The van der Waals surface area contributed by atoms with E-state index in [9.17, 15) is 10.1 Å². The van der Waals surface area contributed by atoms with Crippen molar-refractivity contribution in [3.05, 3.63) is 63.8 Å². The minimum Gasteiger partial charge on any atom is -0.378 e. The van der Waals surface area contributed by atoms with Gasteiger partial charge in [-0.15, -0.1) is 0 Å². The van der Waals surface area contributed by atoms with Crippen molar-refractivity contribution in [3.63, 3.8) is 0 Å². The lowest BCUT2D eigenvalue weighted by atomic mass is 10.0. The number of benzene rings is 1. The summed E-state index contributed by atoms with van der Waals surface area (Å²) in [5.41, 5.74) is 2.18. The van der Waals surface area contributed by atoms with Crippen LogP contribution in [0.2, 0.25) is 0 Å². The summed E-state index contributed by atoms with van der Waals surface area (Å²) in [4.78, 5) is 14.8. The second kappa shape index (κ2) is 9.35. The molecule has 1 N–H and O–H groups in total. The number of pyridine rings is 1. The van der Waals surface area contributed by atoms with Crippen molar-refractivity contribution in [2.24, 2.45) is 0 Å². The minimum absolute atomic E-state index is 0.0755. The third-order valence-electron chi connectivity index (χ3n) is 3.60. The quantitative estimate of drug-likeness (QED) is 0.427. The van der Waals surface area contributed by atoms with Crippen molar-refractivity contribution in [2.45, 2.75) is 25.8 Å². The van der Waals surface area contributed by atoms with Crippen LogP contribution in [0.4, 0.5) is 11.5 Å². The molecule has 7 heteroatoms. The van der Waals surface area contributed by atoms with Crippen molar-refractivity contribution in [3.8, 4) is 6.07 Å². The van der Waals surface area contributed by atoms with E-state index < -0.39 is 4.92 Å². The standard InChI is InChI=1S/C18H20N4O3/c1-14-5-7-15(8-6-14)12-16(13-25-11-3-9-19)21-18-17(22(23)24)4-2-10-20-18/h2,4-8,10,16H,3,11-13H2,1H3,(H,20,21)/t16-/m0/s1. The average molecular weight is 340 g/mol. The molecule has 0 fully saturated rings. The van der Waals surface area contributed by atoms with Crippen LogP contribution in [0.5, 0.6) is 0 Å². The highest BCUT2D eigenvalue weighted by atomic mass is 16.6. The van der Waals surface area contributed by atoms with Gasteiger partial charge in [0.25, 0.3) is 0 Å². The molecule has 7 nitrogen and oxygen atoms in total. The summed E-state index contributed by atoms with van der Waals surface area (Å²) in [5, 5.41) is 22.9. The molecule has 1 atom stereocenters. The zero-order valence-electron chi connectivity index (χ0n) is 14.0. The number of nitro groups is 1. The molecule has 0 aliphatic carbocycles. The second-order valence-electron chi connectivity index (χ2n) is 5.64. The Balaban J connectivity index is 2.12. The van der Waals surface area contributed by atoms with Crippen molar-refractivity contribution >= 4 is 11.5 Å². The highest BCUT2D eigenvalue weighted by Gasteiger charge is 2.18. The Morgan fingerprint density at radius 1 is 1.36 bits per heavy atom. The van der Waals surface area contributed by atoms with Crippen LogP contribution in [0.25, 0.3) is 0 Å². The maximum atomic E-state index is 11.2. The van der Waals surface area contributed by atoms with E-state index in [0.717, 1.165) is 5.56 Å². The Labute approximate surface area is 146 Å². The number of rotatable bonds is 9. The summed E-state index contributed by atoms with van der Waals surface area (Å²) in [5.74, 6) is 0.216. The number of aromatic nitrogens is 1. The molecule has 0 radical (unpaired) electrons. The molecule has 2 rings (SSSR count). The largest absolute Gasteiger partial charge is 0.378 e. The molecule has 0 unspecified atom stereocenters. The van der Waals surface area contributed by atoms with Crippen LogP contribution in [0.3, 0.4) is 0 Å². The number of ether oxygens (including phenoxy) is 1. The first kappa shape index (κ1) is 18.4. The van der Waals surface area contributed by atoms with Crippen LogP contribution in [0.15, 0.2) is 42.6 Å². The second-order valence-corrected chi connectivity index (χ2v) is 5.64. The monoisotopic (exact) mass is 340 g/mol. The first-order chi connectivity index (χ1) is 12.1. The summed E-state index contributed by atoms with van der Waals surface area (Å²) in [6.07, 6.45) is 2.44. The molecule has 1 aromatic carbocycles. The lowest BCUT2D eigenvalue weighted by Gasteiger charge is -2.19. The first-order valence-corrected chi connectivity index (χ1v) is 7.96. The lowest BCUT2D eigenvalue weighted by molar-refractivity contribution is -0.384. The van der Waals surface area contributed by atoms with E-state index >= 15 is 0 Å². The fourth-order valence-corrected chi connectivity index (χ4v) is 2.35. The number of nitrogens with one attached hydrogen (secondary N) is 1. The summed E-state index contributed by atoms with van der Waals surface area (Å²) in [7, 11) is 0. The molecule has 1 aromatic heterocycles. The normalized spacial score (nSPS) is 11.5. The van der Waals surface area contributed by atoms with E-state index in [1.807, 2.05) is 37.3 Å². The summed E-state index contributed by atoms with van der Waals surface area (Å²) < 4.78 is 5.52. The summed E-state index contributed by atoms with van der Waals surface area (Å²) in [6, 6.07) is 12.8. The molecule has 0 amide bonds. The average Bonchev–Trinajstić information content (AvgIpc) is 2.61. The Morgan fingerprint density at radius 2 is 2.12 bits per heavy atom. The van der Waals surface area contributed by atoms with Crippen LogP contribution in [0.1, 0.15) is 17.5 Å². The van der Waals surface area contributed by atoms with Gasteiger partial charge in [0.2, 0.25) is 5.82 Å². The SMILES string of the molecule is Cc1ccc(C[C@@H](COCCC#N)Nc2ncccc2[N+](=O)[O-])cc1. The molecule has 25 heavy (non-hydrogen) atoms. The highest BCUT2D eigenvalue weighted by molar-refractivity contribution is 5.55. The Hall–Kier alpha value is -2.98. The zero-order valence-corrected chi connectivity index (χ0v) is 14.0. The zero-order chi connectivity index (χ0) is 18.1. The van der Waals surface area contributed by atoms with Gasteiger partial charge in [0.05, 0.1) is 36.7 Å². The molecule has 0 bridgehead atoms. The van der Waals surface area contributed by atoms with Crippen LogP contribution in [-0.2, 0) is 11.2 Å². The summed E-state index contributed by atoms with van der Waals surface area (Å²) in [6.45, 7) is 2.66. The van der Waals surface area contributed by atoms with E-state index in [-0.39, 0.29) is 17.5 Å². The molecule has 2 aromatic rings. The molecular formula is C18H20N4O3. The van der Waals surface area contributed by atoms with E-state index in [0.29, 0.717) is 26.1 Å². The van der Waals surface area contributed by atoms with Gasteiger partial charge in [0, 0.05) is 12.3 Å². The molecule has 0 saturated carbocycles. The van der Waals surface area contributed by atoms with Crippen molar-refractivity contribution in [1.29, 1.82) is 5.26 Å². The molecule has 130 valence electrons. The topological polar surface area (TPSA) is 101 Å².